The predicted octanol–water partition coefficient (Wildman–Crippen LogP) is 3.36. The van der Waals surface area contributed by atoms with Crippen molar-refractivity contribution in [3.63, 3.8) is 0 Å². The van der Waals surface area contributed by atoms with Gasteiger partial charge in [0.25, 0.3) is 5.91 Å². The van der Waals surface area contributed by atoms with Crippen LogP contribution in [0.25, 0.3) is 5.82 Å². The first-order valence-electron chi connectivity index (χ1n) is 9.10. The number of likely N-dealkylation sites (tertiary alicyclic amines) is 1. The first kappa shape index (κ1) is 16.6. The molecular formula is C20H23N5O. The van der Waals surface area contributed by atoms with Crippen LogP contribution in [0.4, 0.5) is 0 Å². The molecule has 0 N–H and O–H groups in total. The summed E-state index contributed by atoms with van der Waals surface area (Å²) in [7, 11) is 2.05. The maximum Gasteiger partial charge on any atom is 0.255 e. The van der Waals surface area contributed by atoms with Gasteiger partial charge in [0.1, 0.15) is 12.1 Å². The van der Waals surface area contributed by atoms with Gasteiger partial charge in [0.05, 0.1) is 11.6 Å². The maximum absolute atomic E-state index is 13.2. The van der Waals surface area contributed by atoms with E-state index in [0.29, 0.717) is 5.56 Å². The molecule has 4 rings (SSSR count). The van der Waals surface area contributed by atoms with Crippen LogP contribution in [-0.2, 0) is 7.05 Å². The monoisotopic (exact) mass is 349 g/mol. The second-order valence-corrected chi connectivity index (χ2v) is 6.78. The molecule has 3 aromatic heterocycles. The second kappa shape index (κ2) is 7.15. The molecule has 1 aliphatic heterocycles. The van der Waals surface area contributed by atoms with Gasteiger partial charge in [-0.25, -0.2) is 9.97 Å². The van der Waals surface area contributed by atoms with E-state index in [1.54, 1.807) is 18.7 Å². The molecule has 0 aromatic carbocycles. The summed E-state index contributed by atoms with van der Waals surface area (Å²) in [5.74, 6) is 0.816. The van der Waals surface area contributed by atoms with Gasteiger partial charge in [-0.05, 0) is 37.1 Å². The van der Waals surface area contributed by atoms with Gasteiger partial charge in [-0.15, -0.1) is 0 Å². The Kier molecular flexibility index (Phi) is 4.56. The minimum Gasteiger partial charge on any atom is -0.353 e. The number of carbonyl (C=O) groups excluding carboxylic acids is 1. The molecule has 6 heteroatoms. The van der Waals surface area contributed by atoms with Gasteiger partial charge in [0, 0.05) is 44.1 Å². The number of nitrogens with zero attached hydrogens (tertiary/aromatic N) is 5. The van der Waals surface area contributed by atoms with Gasteiger partial charge in [-0.2, -0.15) is 0 Å². The first-order chi connectivity index (χ1) is 12.7. The average Bonchev–Trinajstić information content (AvgIpc) is 3.29. The zero-order valence-electron chi connectivity index (χ0n) is 15.0. The highest BCUT2D eigenvalue weighted by atomic mass is 16.2. The molecule has 0 unspecified atom stereocenters. The van der Waals surface area contributed by atoms with Crippen LogP contribution >= 0.6 is 0 Å². The first-order valence-corrected chi connectivity index (χ1v) is 9.10. The summed E-state index contributed by atoms with van der Waals surface area (Å²) in [6.07, 6.45) is 13.3. The Labute approximate surface area is 153 Å². The molecule has 26 heavy (non-hydrogen) atoms. The van der Waals surface area contributed by atoms with E-state index in [4.69, 9.17) is 0 Å². The normalized spacial score (nSPS) is 17.9. The lowest BCUT2D eigenvalue weighted by Crippen LogP contribution is -2.35. The number of hydrogen-bond donors (Lipinski definition) is 0. The Morgan fingerprint density at radius 1 is 1.15 bits per heavy atom. The molecule has 6 nitrogen and oxygen atoms in total. The summed E-state index contributed by atoms with van der Waals surface area (Å²) in [4.78, 5) is 23.7. The molecule has 4 heterocycles. The summed E-state index contributed by atoms with van der Waals surface area (Å²) in [5, 5.41) is 0. The summed E-state index contributed by atoms with van der Waals surface area (Å²) < 4.78 is 3.95. The molecule has 134 valence electrons. The van der Waals surface area contributed by atoms with E-state index in [1.165, 1.54) is 12.1 Å². The lowest BCUT2D eigenvalue weighted by molar-refractivity contribution is 0.0674. The van der Waals surface area contributed by atoms with Crippen molar-refractivity contribution < 1.29 is 4.79 Å². The summed E-state index contributed by atoms with van der Waals surface area (Å²) >= 11 is 0. The van der Waals surface area contributed by atoms with Crippen molar-refractivity contribution in [2.45, 2.75) is 31.7 Å². The largest absolute Gasteiger partial charge is 0.353 e. The lowest BCUT2D eigenvalue weighted by atomic mass is 10.1. The van der Waals surface area contributed by atoms with E-state index in [9.17, 15) is 4.79 Å². The van der Waals surface area contributed by atoms with Crippen LogP contribution in [0.15, 0.2) is 55.4 Å². The fraction of sp³-hybridized carbons (Fsp3) is 0.350. The SMILES string of the molecule is Cn1cccc1[C@@H]1CCCCCN1C(=O)c1ccc(-n2ccnc2)nc1. The molecule has 1 amide bonds. The van der Waals surface area contributed by atoms with Gasteiger partial charge in [-0.1, -0.05) is 12.8 Å². The highest BCUT2D eigenvalue weighted by Crippen LogP contribution is 2.31. The molecule has 1 aliphatic rings. The number of carbonyl (C=O) groups is 1. The van der Waals surface area contributed by atoms with Crippen LogP contribution < -0.4 is 0 Å². The van der Waals surface area contributed by atoms with Crippen LogP contribution in [-0.4, -0.2) is 36.5 Å². The Balaban J connectivity index is 1.61. The third-order valence-electron chi connectivity index (χ3n) is 5.10. The number of hydrogen-bond acceptors (Lipinski definition) is 3. The molecular weight excluding hydrogens is 326 g/mol. The highest BCUT2D eigenvalue weighted by Gasteiger charge is 2.29. The summed E-state index contributed by atoms with van der Waals surface area (Å²) in [6, 6.07) is 8.02. The minimum atomic E-state index is 0.0581. The van der Waals surface area contributed by atoms with Crippen molar-refractivity contribution in [3.05, 3.63) is 66.6 Å². The number of aryl methyl sites for hydroxylation is 1. The summed E-state index contributed by atoms with van der Waals surface area (Å²) in [5.41, 5.74) is 1.83. The molecule has 0 aliphatic carbocycles. The standard InChI is InChI=1S/C20H23N5O/c1-23-11-5-7-17(23)18-6-3-2-4-12-25(18)20(26)16-8-9-19(22-14-16)24-13-10-21-15-24/h5,7-11,13-15,18H,2-4,6,12H2,1H3/t18-/m0/s1. The smallest absolute Gasteiger partial charge is 0.255 e. The topological polar surface area (TPSA) is 56.0 Å². The number of amides is 1. The fourth-order valence-electron chi connectivity index (χ4n) is 3.71. The Morgan fingerprint density at radius 3 is 2.77 bits per heavy atom. The van der Waals surface area contributed by atoms with Crippen LogP contribution in [0.2, 0.25) is 0 Å². The summed E-state index contributed by atoms with van der Waals surface area (Å²) in [6.45, 7) is 0.790. The van der Waals surface area contributed by atoms with E-state index in [0.717, 1.165) is 31.6 Å². The van der Waals surface area contributed by atoms with E-state index >= 15 is 0 Å². The van der Waals surface area contributed by atoms with Crippen LogP contribution in [0.5, 0.6) is 0 Å². The molecule has 0 saturated carbocycles. The van der Waals surface area contributed by atoms with Crippen LogP contribution in [0.3, 0.4) is 0 Å². The third kappa shape index (κ3) is 3.14. The van der Waals surface area contributed by atoms with E-state index in [1.807, 2.05) is 47.1 Å². The number of pyridine rings is 1. The zero-order chi connectivity index (χ0) is 17.9. The van der Waals surface area contributed by atoms with Crippen molar-refractivity contribution in [1.29, 1.82) is 0 Å². The van der Waals surface area contributed by atoms with Gasteiger partial charge in [0.2, 0.25) is 0 Å². The minimum absolute atomic E-state index is 0.0581. The number of rotatable bonds is 3. The van der Waals surface area contributed by atoms with E-state index < -0.39 is 0 Å². The second-order valence-electron chi connectivity index (χ2n) is 6.78. The third-order valence-corrected chi connectivity index (χ3v) is 5.10. The van der Waals surface area contributed by atoms with Crippen LogP contribution in [0, 0.1) is 0 Å². The van der Waals surface area contributed by atoms with E-state index in [2.05, 4.69) is 20.6 Å². The lowest BCUT2D eigenvalue weighted by Gasteiger charge is -2.30. The Hall–Kier alpha value is -2.89. The van der Waals surface area contributed by atoms with Gasteiger partial charge in [-0.3, -0.25) is 9.36 Å². The van der Waals surface area contributed by atoms with Crippen molar-refractivity contribution >= 4 is 5.91 Å². The van der Waals surface area contributed by atoms with Gasteiger partial charge < -0.3 is 9.47 Å². The maximum atomic E-state index is 13.2. The van der Waals surface area contributed by atoms with Crippen molar-refractivity contribution in [2.24, 2.45) is 7.05 Å². The molecule has 1 atom stereocenters. The number of imidazole rings is 1. The predicted molar refractivity (Wildman–Crippen MR) is 99.0 cm³/mol. The molecule has 0 spiro atoms. The quantitative estimate of drug-likeness (QED) is 0.728. The van der Waals surface area contributed by atoms with E-state index in [-0.39, 0.29) is 11.9 Å². The van der Waals surface area contributed by atoms with Crippen LogP contribution in [0.1, 0.15) is 47.8 Å². The Morgan fingerprint density at radius 2 is 2.08 bits per heavy atom. The molecule has 3 aromatic rings. The highest BCUT2D eigenvalue weighted by molar-refractivity contribution is 5.94. The average molecular weight is 349 g/mol. The van der Waals surface area contributed by atoms with Gasteiger partial charge >= 0.3 is 0 Å². The van der Waals surface area contributed by atoms with Crippen molar-refractivity contribution in [1.82, 2.24) is 24.0 Å². The zero-order valence-corrected chi connectivity index (χ0v) is 15.0. The molecule has 0 radical (unpaired) electrons. The van der Waals surface area contributed by atoms with Crippen molar-refractivity contribution in [2.75, 3.05) is 6.54 Å². The van der Waals surface area contributed by atoms with Gasteiger partial charge in [0.15, 0.2) is 0 Å². The Bertz CT molecular complexity index is 866. The molecule has 0 bridgehead atoms. The molecule has 1 fully saturated rings. The molecule has 1 saturated heterocycles. The number of aromatic nitrogens is 4. The van der Waals surface area contributed by atoms with Crippen molar-refractivity contribution in [3.8, 4) is 5.82 Å². The fourth-order valence-corrected chi connectivity index (χ4v) is 3.71.